The van der Waals surface area contributed by atoms with E-state index in [1.54, 1.807) is 24.3 Å². The van der Waals surface area contributed by atoms with Crippen molar-refractivity contribution in [2.45, 2.75) is 37.3 Å². The Morgan fingerprint density at radius 2 is 1.81 bits per heavy atom. The molecule has 0 aliphatic carbocycles. The third kappa shape index (κ3) is 4.95. The predicted molar refractivity (Wildman–Crippen MR) is 147 cm³/mol. The molecule has 1 fully saturated rings. The van der Waals surface area contributed by atoms with Crippen LogP contribution in [0.1, 0.15) is 53.9 Å². The second kappa shape index (κ2) is 9.84. The van der Waals surface area contributed by atoms with Crippen molar-refractivity contribution in [3.63, 3.8) is 0 Å². The van der Waals surface area contributed by atoms with Crippen LogP contribution in [0.4, 0.5) is 17.1 Å². The molecule has 0 radical (unpaired) electrons. The van der Waals surface area contributed by atoms with E-state index >= 15 is 0 Å². The van der Waals surface area contributed by atoms with Gasteiger partial charge >= 0.3 is 0 Å². The number of ether oxygens (including phenoxy) is 1. The van der Waals surface area contributed by atoms with E-state index in [-0.39, 0.29) is 34.7 Å². The summed E-state index contributed by atoms with van der Waals surface area (Å²) in [6, 6.07) is 20.3. The molecule has 0 saturated carbocycles. The van der Waals surface area contributed by atoms with Gasteiger partial charge in [0.05, 0.1) is 22.7 Å². The molecule has 2 aliphatic rings. The van der Waals surface area contributed by atoms with Crippen LogP contribution in [0.25, 0.3) is 0 Å². The lowest BCUT2D eigenvalue weighted by molar-refractivity contribution is 0.0827. The number of carbonyl (C=O) groups is 1. The van der Waals surface area contributed by atoms with Crippen molar-refractivity contribution < 1.29 is 17.9 Å². The lowest BCUT2D eigenvalue weighted by atomic mass is 9.81. The number of benzene rings is 3. The summed E-state index contributed by atoms with van der Waals surface area (Å²) in [5.74, 6) is 0.239. The number of anilines is 3. The largest absolute Gasteiger partial charge is 0.378 e. The van der Waals surface area contributed by atoms with Crippen LogP contribution < -0.4 is 14.9 Å². The van der Waals surface area contributed by atoms with Crippen molar-refractivity contribution in [2.24, 2.45) is 11.8 Å². The van der Waals surface area contributed by atoms with Crippen molar-refractivity contribution in [3.05, 3.63) is 83.4 Å². The maximum atomic E-state index is 13.3. The quantitative estimate of drug-likeness (QED) is 0.393. The fourth-order valence-electron chi connectivity index (χ4n) is 5.20. The maximum absolute atomic E-state index is 13.3. The fraction of sp³-hybridized carbons (Fsp3) is 0.345. The molecule has 3 aromatic rings. The zero-order chi connectivity index (χ0) is 26.3. The summed E-state index contributed by atoms with van der Waals surface area (Å²) in [4.78, 5) is 14.5. The van der Waals surface area contributed by atoms with Gasteiger partial charge in [-0.25, -0.2) is 8.42 Å². The van der Waals surface area contributed by atoms with E-state index in [1.807, 2.05) is 75.3 Å². The summed E-state index contributed by atoms with van der Waals surface area (Å²) < 4.78 is 35.4. The van der Waals surface area contributed by atoms with Gasteiger partial charge in [-0.15, -0.1) is 0 Å². The van der Waals surface area contributed by atoms with Crippen molar-refractivity contribution in [1.82, 2.24) is 0 Å². The van der Waals surface area contributed by atoms with Crippen LogP contribution in [0, 0.1) is 11.8 Å². The number of carbonyl (C=O) groups excluding carboxylic acids is 1. The van der Waals surface area contributed by atoms with Gasteiger partial charge in [-0.3, -0.25) is 9.52 Å². The van der Waals surface area contributed by atoms with Gasteiger partial charge in [-0.1, -0.05) is 44.2 Å². The molecule has 0 spiro atoms. The number of hydrogen-bond acceptors (Lipinski definition) is 6. The molecule has 2 aliphatic heterocycles. The number of rotatable bonds is 7. The minimum Gasteiger partial charge on any atom is -0.378 e. The molecule has 0 aromatic heterocycles. The number of sulfonamides is 1. The fourth-order valence-corrected chi connectivity index (χ4v) is 6.28. The Hall–Kier alpha value is -3.36. The molecule has 5 rings (SSSR count). The SMILES string of the molecule is CC(C)C(=O)c1ccc(C2Nc3ccc(S(=O)(=O)Nc4cccc(N(C)C)c4)cc3C3OCCC23)cc1. The second-order valence-electron chi connectivity index (χ2n) is 10.3. The summed E-state index contributed by atoms with van der Waals surface area (Å²) in [6.07, 6.45) is 0.659. The van der Waals surface area contributed by atoms with E-state index in [9.17, 15) is 13.2 Å². The van der Waals surface area contributed by atoms with Gasteiger partial charge in [0.1, 0.15) is 0 Å². The van der Waals surface area contributed by atoms with Crippen molar-refractivity contribution in [3.8, 4) is 0 Å². The number of ketones is 1. The Labute approximate surface area is 218 Å². The van der Waals surface area contributed by atoms with E-state index in [1.165, 1.54) is 0 Å². The first-order valence-electron chi connectivity index (χ1n) is 12.6. The Kier molecular flexibility index (Phi) is 6.72. The molecule has 3 aromatic carbocycles. The molecule has 0 bridgehead atoms. The van der Waals surface area contributed by atoms with Gasteiger partial charge in [0.25, 0.3) is 10.0 Å². The third-order valence-electron chi connectivity index (χ3n) is 7.21. The normalized spacial score (nSPS) is 20.6. The van der Waals surface area contributed by atoms with E-state index < -0.39 is 10.0 Å². The molecule has 2 heterocycles. The third-order valence-corrected chi connectivity index (χ3v) is 8.59. The maximum Gasteiger partial charge on any atom is 0.261 e. The summed E-state index contributed by atoms with van der Waals surface area (Å²) in [6.45, 7) is 4.42. The lowest BCUT2D eigenvalue weighted by Gasteiger charge is -2.36. The molecular weight excluding hydrogens is 486 g/mol. The van der Waals surface area contributed by atoms with E-state index in [0.717, 1.165) is 28.9 Å². The zero-order valence-electron chi connectivity index (χ0n) is 21.6. The Morgan fingerprint density at radius 1 is 1.05 bits per heavy atom. The van der Waals surface area contributed by atoms with E-state index in [4.69, 9.17) is 4.74 Å². The van der Waals surface area contributed by atoms with E-state index in [0.29, 0.717) is 17.9 Å². The number of hydrogen-bond donors (Lipinski definition) is 2. The number of nitrogens with one attached hydrogen (secondary N) is 2. The summed E-state index contributed by atoms with van der Waals surface area (Å²) in [5, 5.41) is 3.62. The van der Waals surface area contributed by atoms with Gasteiger partial charge < -0.3 is 15.0 Å². The Morgan fingerprint density at radius 3 is 2.51 bits per heavy atom. The molecule has 0 amide bonds. The lowest BCUT2D eigenvalue weighted by Crippen LogP contribution is -2.29. The van der Waals surface area contributed by atoms with Crippen molar-refractivity contribution >= 4 is 32.9 Å². The summed E-state index contributed by atoms with van der Waals surface area (Å²) in [5.41, 5.74) is 4.94. The minimum atomic E-state index is -3.79. The highest BCUT2D eigenvalue weighted by Gasteiger charge is 2.42. The molecule has 3 unspecified atom stereocenters. The highest BCUT2D eigenvalue weighted by Crippen LogP contribution is 2.50. The van der Waals surface area contributed by atoms with Gasteiger partial charge in [0, 0.05) is 55.0 Å². The summed E-state index contributed by atoms with van der Waals surface area (Å²) >= 11 is 0. The molecule has 8 heteroatoms. The van der Waals surface area contributed by atoms with Crippen LogP contribution >= 0.6 is 0 Å². The van der Waals surface area contributed by atoms with Crippen LogP contribution in [-0.4, -0.2) is 34.9 Å². The van der Waals surface area contributed by atoms with Crippen molar-refractivity contribution in [2.75, 3.05) is 35.6 Å². The minimum absolute atomic E-state index is 0.0116. The second-order valence-corrected chi connectivity index (χ2v) is 12.0. The first-order valence-corrected chi connectivity index (χ1v) is 14.1. The number of nitrogens with zero attached hydrogens (tertiary/aromatic N) is 1. The molecule has 7 nitrogen and oxygen atoms in total. The Bertz CT molecular complexity index is 1420. The number of fused-ring (bicyclic) bond motifs is 3. The van der Waals surface area contributed by atoms with Gasteiger partial charge in [-0.05, 0) is 48.4 Å². The molecule has 194 valence electrons. The monoisotopic (exact) mass is 519 g/mol. The van der Waals surface area contributed by atoms with Crippen LogP contribution in [0.5, 0.6) is 0 Å². The van der Waals surface area contributed by atoms with Crippen LogP contribution in [0.15, 0.2) is 71.6 Å². The van der Waals surface area contributed by atoms with Gasteiger partial charge in [0.2, 0.25) is 0 Å². The van der Waals surface area contributed by atoms with Crippen LogP contribution in [0.3, 0.4) is 0 Å². The summed E-state index contributed by atoms with van der Waals surface area (Å²) in [7, 11) is 0.0358. The molecule has 2 N–H and O–H groups in total. The average Bonchev–Trinajstić information content (AvgIpc) is 3.38. The first kappa shape index (κ1) is 25.3. The number of Topliss-reactive ketones (excluding diaryl/α,β-unsaturated/α-hetero) is 1. The first-order chi connectivity index (χ1) is 17.6. The molecule has 37 heavy (non-hydrogen) atoms. The Balaban J connectivity index is 1.42. The molecule has 1 saturated heterocycles. The van der Waals surface area contributed by atoms with Crippen LogP contribution in [-0.2, 0) is 14.8 Å². The smallest absolute Gasteiger partial charge is 0.261 e. The van der Waals surface area contributed by atoms with Gasteiger partial charge in [-0.2, -0.15) is 0 Å². The topological polar surface area (TPSA) is 87.7 Å². The zero-order valence-corrected chi connectivity index (χ0v) is 22.4. The van der Waals surface area contributed by atoms with Crippen molar-refractivity contribution in [1.29, 1.82) is 0 Å². The predicted octanol–water partition coefficient (Wildman–Crippen LogP) is 5.64. The standard InChI is InChI=1S/C29H33N3O4S/c1-18(2)28(33)20-10-8-19(9-11-20)27-24-14-15-36-29(24)25-17-23(12-13-26(25)30-27)37(34,35)31-21-6-5-7-22(16-21)32(3)4/h5-13,16-18,24,27,29-31H,14-15H2,1-4H3. The average molecular weight is 520 g/mol. The molecular formula is C29H33N3O4S. The highest BCUT2D eigenvalue weighted by molar-refractivity contribution is 7.92. The van der Waals surface area contributed by atoms with E-state index in [2.05, 4.69) is 10.0 Å². The van der Waals surface area contributed by atoms with Gasteiger partial charge in [0.15, 0.2) is 5.78 Å². The van der Waals surface area contributed by atoms with Crippen LogP contribution in [0.2, 0.25) is 0 Å². The molecule has 3 atom stereocenters. The highest BCUT2D eigenvalue weighted by atomic mass is 32.2.